The summed E-state index contributed by atoms with van der Waals surface area (Å²) in [6, 6.07) is 2.37. The minimum Gasteiger partial charge on any atom is -0.390 e. The van der Waals surface area contributed by atoms with E-state index in [1.165, 1.54) is 0 Å². The van der Waals surface area contributed by atoms with E-state index in [0.717, 1.165) is 12.1 Å². The van der Waals surface area contributed by atoms with Crippen molar-refractivity contribution in [2.45, 2.75) is 45.8 Å². The summed E-state index contributed by atoms with van der Waals surface area (Å²) in [6.07, 6.45) is 3.13. The summed E-state index contributed by atoms with van der Waals surface area (Å²) in [6.45, 7) is 7.21. The molecule has 0 aromatic carbocycles. The molecule has 0 saturated heterocycles. The molecule has 4 heteroatoms. The Hall–Kier alpha value is -0.870. The van der Waals surface area contributed by atoms with Gasteiger partial charge in [-0.1, -0.05) is 6.92 Å². The topological polar surface area (TPSA) is 47.3 Å². The molecule has 92 valence electrons. The molecule has 1 heterocycles. The van der Waals surface area contributed by atoms with Crippen molar-refractivity contribution in [1.29, 1.82) is 0 Å². The lowest BCUT2D eigenvalue weighted by atomic mass is 10.2. The van der Waals surface area contributed by atoms with E-state index in [-0.39, 0.29) is 0 Å². The SMILES string of the molecule is CCOCC(O)Cc1ccn(C(C)CC)n1. The van der Waals surface area contributed by atoms with Crippen molar-refractivity contribution in [3.8, 4) is 0 Å². The van der Waals surface area contributed by atoms with E-state index in [0.29, 0.717) is 25.7 Å². The van der Waals surface area contributed by atoms with Crippen LogP contribution in [0.4, 0.5) is 0 Å². The molecule has 0 aliphatic heterocycles. The van der Waals surface area contributed by atoms with Gasteiger partial charge in [0.2, 0.25) is 0 Å². The number of hydrogen-bond donors (Lipinski definition) is 1. The second-order valence-electron chi connectivity index (χ2n) is 4.06. The third kappa shape index (κ3) is 3.94. The fraction of sp³-hybridized carbons (Fsp3) is 0.750. The fourth-order valence-corrected chi connectivity index (χ4v) is 1.47. The van der Waals surface area contributed by atoms with Crippen molar-refractivity contribution in [1.82, 2.24) is 9.78 Å². The van der Waals surface area contributed by atoms with Gasteiger partial charge < -0.3 is 9.84 Å². The van der Waals surface area contributed by atoms with E-state index in [4.69, 9.17) is 4.74 Å². The highest BCUT2D eigenvalue weighted by atomic mass is 16.5. The van der Waals surface area contributed by atoms with Crippen LogP contribution in [0.1, 0.15) is 38.9 Å². The molecule has 1 rings (SSSR count). The molecule has 0 aliphatic rings. The van der Waals surface area contributed by atoms with Gasteiger partial charge in [-0.25, -0.2) is 0 Å². The summed E-state index contributed by atoms with van der Waals surface area (Å²) in [5, 5.41) is 14.1. The quantitative estimate of drug-likeness (QED) is 0.771. The molecular formula is C12H22N2O2. The molecule has 4 nitrogen and oxygen atoms in total. The smallest absolute Gasteiger partial charge is 0.0829 e. The first-order valence-corrected chi connectivity index (χ1v) is 5.97. The van der Waals surface area contributed by atoms with Crippen LogP contribution in [0.25, 0.3) is 0 Å². The fourth-order valence-electron chi connectivity index (χ4n) is 1.47. The Morgan fingerprint density at radius 1 is 1.50 bits per heavy atom. The van der Waals surface area contributed by atoms with Crippen molar-refractivity contribution in [2.24, 2.45) is 0 Å². The zero-order valence-electron chi connectivity index (χ0n) is 10.4. The van der Waals surface area contributed by atoms with Crippen LogP contribution in [0.3, 0.4) is 0 Å². The normalized spacial score (nSPS) is 15.0. The standard InChI is InChI=1S/C12H22N2O2/c1-4-10(3)14-7-6-11(13-14)8-12(15)9-16-5-2/h6-7,10,12,15H,4-5,8-9H2,1-3H3. The maximum absolute atomic E-state index is 9.66. The predicted octanol–water partition coefficient (Wildman–Crippen LogP) is 1.79. The molecule has 0 amide bonds. The lowest BCUT2D eigenvalue weighted by Gasteiger charge is -2.10. The van der Waals surface area contributed by atoms with E-state index in [2.05, 4.69) is 18.9 Å². The number of rotatable bonds is 7. The van der Waals surface area contributed by atoms with Gasteiger partial charge in [-0.3, -0.25) is 4.68 Å². The molecule has 16 heavy (non-hydrogen) atoms. The maximum atomic E-state index is 9.66. The summed E-state index contributed by atoms with van der Waals surface area (Å²) in [5.74, 6) is 0. The molecule has 1 aromatic rings. The summed E-state index contributed by atoms with van der Waals surface area (Å²) in [4.78, 5) is 0. The highest BCUT2D eigenvalue weighted by molar-refractivity contribution is 5.01. The third-order valence-electron chi connectivity index (χ3n) is 2.67. The first kappa shape index (κ1) is 13.2. The first-order valence-electron chi connectivity index (χ1n) is 5.97. The van der Waals surface area contributed by atoms with Crippen molar-refractivity contribution < 1.29 is 9.84 Å². The number of nitrogens with zero attached hydrogens (tertiary/aromatic N) is 2. The van der Waals surface area contributed by atoms with Gasteiger partial charge in [0.1, 0.15) is 0 Å². The van der Waals surface area contributed by atoms with Crippen LogP contribution in [0.5, 0.6) is 0 Å². The van der Waals surface area contributed by atoms with E-state index in [9.17, 15) is 5.11 Å². The minimum absolute atomic E-state index is 0.382. The van der Waals surface area contributed by atoms with Crippen LogP contribution in [0.2, 0.25) is 0 Å². The van der Waals surface area contributed by atoms with Gasteiger partial charge in [0.25, 0.3) is 0 Å². The molecule has 0 spiro atoms. The minimum atomic E-state index is -0.458. The molecule has 0 fully saturated rings. The Bertz CT molecular complexity index is 299. The molecule has 0 saturated carbocycles. The van der Waals surface area contributed by atoms with Gasteiger partial charge in [-0.05, 0) is 26.3 Å². The number of aliphatic hydroxyl groups is 1. The molecular weight excluding hydrogens is 204 g/mol. The Morgan fingerprint density at radius 3 is 2.88 bits per heavy atom. The molecule has 1 aromatic heterocycles. The summed E-state index contributed by atoms with van der Waals surface area (Å²) >= 11 is 0. The maximum Gasteiger partial charge on any atom is 0.0829 e. The number of ether oxygens (including phenoxy) is 1. The monoisotopic (exact) mass is 226 g/mol. The third-order valence-corrected chi connectivity index (χ3v) is 2.67. The average Bonchev–Trinajstić information content (AvgIpc) is 2.73. The molecule has 0 radical (unpaired) electrons. The largest absolute Gasteiger partial charge is 0.390 e. The van der Waals surface area contributed by atoms with Crippen LogP contribution in [-0.2, 0) is 11.2 Å². The summed E-state index contributed by atoms with van der Waals surface area (Å²) in [5.41, 5.74) is 0.924. The van der Waals surface area contributed by atoms with Crippen molar-refractivity contribution >= 4 is 0 Å². The Balaban J connectivity index is 2.45. The van der Waals surface area contributed by atoms with Crippen LogP contribution < -0.4 is 0 Å². The van der Waals surface area contributed by atoms with E-state index in [1.54, 1.807) is 0 Å². The van der Waals surface area contributed by atoms with Crippen molar-refractivity contribution in [2.75, 3.05) is 13.2 Å². The molecule has 2 unspecified atom stereocenters. The van der Waals surface area contributed by atoms with Gasteiger partial charge in [0, 0.05) is 25.3 Å². The highest BCUT2D eigenvalue weighted by Crippen LogP contribution is 2.10. The predicted molar refractivity (Wildman–Crippen MR) is 63.4 cm³/mol. The average molecular weight is 226 g/mol. The van der Waals surface area contributed by atoms with Crippen molar-refractivity contribution in [3.05, 3.63) is 18.0 Å². The van der Waals surface area contributed by atoms with Crippen LogP contribution in [0, 0.1) is 0 Å². The molecule has 1 N–H and O–H groups in total. The van der Waals surface area contributed by atoms with Gasteiger partial charge >= 0.3 is 0 Å². The Morgan fingerprint density at radius 2 is 2.25 bits per heavy atom. The molecule has 2 atom stereocenters. The van der Waals surface area contributed by atoms with Gasteiger partial charge in [-0.15, -0.1) is 0 Å². The second-order valence-corrected chi connectivity index (χ2v) is 4.06. The van der Waals surface area contributed by atoms with E-state index < -0.39 is 6.10 Å². The molecule has 0 aliphatic carbocycles. The number of aliphatic hydroxyl groups excluding tert-OH is 1. The van der Waals surface area contributed by atoms with E-state index >= 15 is 0 Å². The van der Waals surface area contributed by atoms with Crippen molar-refractivity contribution in [3.63, 3.8) is 0 Å². The van der Waals surface area contributed by atoms with E-state index in [1.807, 2.05) is 23.9 Å². The van der Waals surface area contributed by atoms with Gasteiger partial charge in [0.15, 0.2) is 0 Å². The van der Waals surface area contributed by atoms with Crippen LogP contribution >= 0.6 is 0 Å². The zero-order valence-corrected chi connectivity index (χ0v) is 10.4. The van der Waals surface area contributed by atoms with Gasteiger partial charge in [-0.2, -0.15) is 5.10 Å². The lowest BCUT2D eigenvalue weighted by Crippen LogP contribution is -2.18. The number of aromatic nitrogens is 2. The molecule has 0 bridgehead atoms. The summed E-state index contributed by atoms with van der Waals surface area (Å²) in [7, 11) is 0. The van der Waals surface area contributed by atoms with Crippen LogP contribution in [0.15, 0.2) is 12.3 Å². The van der Waals surface area contributed by atoms with Gasteiger partial charge in [0.05, 0.1) is 18.4 Å². The Kier molecular flexibility index (Phi) is 5.49. The first-order chi connectivity index (χ1) is 7.67. The second kappa shape index (κ2) is 6.66. The summed E-state index contributed by atoms with van der Waals surface area (Å²) < 4.78 is 7.11. The lowest BCUT2D eigenvalue weighted by molar-refractivity contribution is 0.0424. The highest BCUT2D eigenvalue weighted by Gasteiger charge is 2.09. The van der Waals surface area contributed by atoms with Crippen LogP contribution in [-0.4, -0.2) is 34.2 Å². The Labute approximate surface area is 97.2 Å². The number of hydrogen-bond acceptors (Lipinski definition) is 3. The zero-order chi connectivity index (χ0) is 12.0.